The largest absolute Gasteiger partial charge is 0.481 e. The Labute approximate surface area is 151 Å². The van der Waals surface area contributed by atoms with Gasteiger partial charge in [0, 0.05) is 37.3 Å². The van der Waals surface area contributed by atoms with Gasteiger partial charge in [-0.25, -0.2) is 0 Å². The van der Waals surface area contributed by atoms with Crippen LogP contribution in [-0.2, 0) is 16.1 Å². The van der Waals surface area contributed by atoms with Crippen LogP contribution >= 0.6 is 0 Å². The van der Waals surface area contributed by atoms with Crippen LogP contribution in [0.25, 0.3) is 0 Å². The molecule has 0 spiro atoms. The van der Waals surface area contributed by atoms with E-state index in [-0.39, 0.29) is 35.1 Å². The van der Waals surface area contributed by atoms with Crippen molar-refractivity contribution >= 4 is 11.9 Å². The van der Waals surface area contributed by atoms with Gasteiger partial charge >= 0.3 is 5.97 Å². The third-order valence-corrected chi connectivity index (χ3v) is 6.82. The van der Waals surface area contributed by atoms with Gasteiger partial charge in [-0.3, -0.25) is 14.4 Å². The van der Waals surface area contributed by atoms with Crippen molar-refractivity contribution in [2.75, 3.05) is 13.1 Å². The molecule has 6 nitrogen and oxygen atoms in total. The van der Waals surface area contributed by atoms with Gasteiger partial charge in [-0.2, -0.15) is 0 Å². The van der Waals surface area contributed by atoms with Crippen molar-refractivity contribution in [3.63, 3.8) is 0 Å². The quantitative estimate of drug-likeness (QED) is 0.813. The Morgan fingerprint density at radius 2 is 1.77 bits per heavy atom. The maximum Gasteiger partial charge on any atom is 0.307 e. The molecular formula is C20H22N2O4. The lowest BCUT2D eigenvalue weighted by atomic mass is 9.79. The number of piperidine rings is 1. The second kappa shape index (κ2) is 5.56. The van der Waals surface area contributed by atoms with Gasteiger partial charge in [0.25, 0.3) is 5.56 Å². The number of fused-ring (bicyclic) bond motifs is 6. The van der Waals surface area contributed by atoms with E-state index in [0.29, 0.717) is 19.6 Å². The molecule has 0 aromatic carbocycles. The summed E-state index contributed by atoms with van der Waals surface area (Å²) in [5.41, 5.74) is 1.04. The highest BCUT2D eigenvalue weighted by Crippen LogP contribution is 2.49. The molecule has 2 fully saturated rings. The average Bonchev–Trinajstić information content (AvgIpc) is 3.23. The molecule has 0 radical (unpaired) electrons. The topological polar surface area (TPSA) is 79.6 Å². The SMILES string of the molecule is O=C(O)[C@@H]1[C@H](C(=O)N2C[C@H]3C[C@H](C2)c2cccc(=O)n2C3)[C@H]2C=C[C@H]1C2. The van der Waals surface area contributed by atoms with E-state index in [1.807, 2.05) is 27.7 Å². The summed E-state index contributed by atoms with van der Waals surface area (Å²) >= 11 is 0. The zero-order valence-corrected chi connectivity index (χ0v) is 14.5. The maximum absolute atomic E-state index is 13.3. The van der Waals surface area contributed by atoms with Gasteiger partial charge in [0.05, 0.1) is 11.8 Å². The number of nitrogens with zero attached hydrogens (tertiary/aromatic N) is 2. The van der Waals surface area contributed by atoms with Gasteiger partial charge in [-0.1, -0.05) is 18.2 Å². The van der Waals surface area contributed by atoms with Crippen molar-refractivity contribution in [3.05, 3.63) is 46.4 Å². The molecule has 1 aromatic rings. The minimum atomic E-state index is -0.852. The standard InChI is InChI=1S/C20H22N2O4/c23-16-3-1-2-15-14-6-11(9-22(15)16)8-21(10-14)19(24)17-12-4-5-13(7-12)18(17)20(25)26/h1-5,11-14,17-18H,6-10H2,(H,25,26)/t11-,12+,13+,14-,17-,18+/m1/s1. The number of pyridine rings is 1. The molecule has 6 atom stereocenters. The van der Waals surface area contributed by atoms with Crippen LogP contribution in [0.3, 0.4) is 0 Å². The van der Waals surface area contributed by atoms with E-state index in [0.717, 1.165) is 18.5 Å². The zero-order valence-electron chi connectivity index (χ0n) is 14.5. The zero-order chi connectivity index (χ0) is 18.0. The van der Waals surface area contributed by atoms with Crippen molar-refractivity contribution in [1.29, 1.82) is 0 Å². The third-order valence-electron chi connectivity index (χ3n) is 6.82. The number of aromatic nitrogens is 1. The number of hydrogen-bond donors (Lipinski definition) is 1. The number of rotatable bonds is 2. The molecule has 136 valence electrons. The molecule has 1 N–H and O–H groups in total. The highest BCUT2D eigenvalue weighted by Gasteiger charge is 2.53. The molecular weight excluding hydrogens is 332 g/mol. The maximum atomic E-state index is 13.3. The van der Waals surface area contributed by atoms with E-state index >= 15 is 0 Å². The van der Waals surface area contributed by atoms with Crippen molar-refractivity contribution in [3.8, 4) is 0 Å². The first-order valence-corrected chi connectivity index (χ1v) is 9.42. The fourth-order valence-electron chi connectivity index (χ4n) is 5.78. The summed E-state index contributed by atoms with van der Waals surface area (Å²) < 4.78 is 1.85. The second-order valence-electron chi connectivity index (χ2n) is 8.28. The highest BCUT2D eigenvalue weighted by atomic mass is 16.4. The molecule has 2 aliphatic heterocycles. The molecule has 3 heterocycles. The number of carbonyl (C=O) groups excluding carboxylic acids is 1. The van der Waals surface area contributed by atoms with Crippen LogP contribution in [0.1, 0.15) is 24.5 Å². The molecule has 5 rings (SSSR count). The van der Waals surface area contributed by atoms with Crippen LogP contribution in [0.5, 0.6) is 0 Å². The molecule has 26 heavy (non-hydrogen) atoms. The smallest absolute Gasteiger partial charge is 0.307 e. The second-order valence-corrected chi connectivity index (χ2v) is 8.28. The van der Waals surface area contributed by atoms with Crippen LogP contribution < -0.4 is 5.56 Å². The number of likely N-dealkylation sites (tertiary alicyclic amines) is 1. The fraction of sp³-hybridized carbons (Fsp3) is 0.550. The van der Waals surface area contributed by atoms with E-state index < -0.39 is 17.8 Å². The van der Waals surface area contributed by atoms with Gasteiger partial charge in [0.1, 0.15) is 0 Å². The van der Waals surface area contributed by atoms with Gasteiger partial charge in [0.15, 0.2) is 0 Å². The third kappa shape index (κ3) is 2.20. The Balaban J connectivity index is 1.42. The number of aliphatic carboxylic acids is 1. The first-order valence-electron chi connectivity index (χ1n) is 9.42. The first kappa shape index (κ1) is 15.9. The lowest BCUT2D eigenvalue weighted by Crippen LogP contribution is -2.52. The number of allylic oxidation sites excluding steroid dienone is 2. The van der Waals surface area contributed by atoms with E-state index in [2.05, 4.69) is 0 Å². The van der Waals surface area contributed by atoms with Gasteiger partial charge in [-0.15, -0.1) is 0 Å². The predicted octanol–water partition coefficient (Wildman–Crippen LogP) is 1.32. The fourth-order valence-corrected chi connectivity index (χ4v) is 5.78. The molecule has 1 amide bonds. The lowest BCUT2D eigenvalue weighted by Gasteiger charge is -2.44. The average molecular weight is 354 g/mol. The van der Waals surface area contributed by atoms with E-state index in [1.54, 1.807) is 12.1 Å². The lowest BCUT2D eigenvalue weighted by molar-refractivity contribution is -0.152. The van der Waals surface area contributed by atoms with Crippen molar-refractivity contribution in [1.82, 2.24) is 9.47 Å². The molecule has 1 saturated carbocycles. The highest BCUT2D eigenvalue weighted by molar-refractivity contribution is 5.87. The normalized spacial score (nSPS) is 36.8. The van der Waals surface area contributed by atoms with Crippen LogP contribution in [0, 0.1) is 29.6 Å². The number of carboxylic acids is 1. The number of amides is 1. The van der Waals surface area contributed by atoms with Crippen molar-refractivity contribution in [2.45, 2.75) is 25.3 Å². The minimum Gasteiger partial charge on any atom is -0.481 e. The van der Waals surface area contributed by atoms with Crippen molar-refractivity contribution < 1.29 is 14.7 Å². The molecule has 4 aliphatic rings. The van der Waals surface area contributed by atoms with Gasteiger partial charge < -0.3 is 14.6 Å². The van der Waals surface area contributed by atoms with E-state index in [9.17, 15) is 19.5 Å². The van der Waals surface area contributed by atoms with Gasteiger partial charge in [-0.05, 0) is 36.7 Å². The predicted molar refractivity (Wildman–Crippen MR) is 93.5 cm³/mol. The Hall–Kier alpha value is -2.37. The van der Waals surface area contributed by atoms with Crippen LogP contribution in [0.4, 0.5) is 0 Å². The Kier molecular flexibility index (Phi) is 3.39. The van der Waals surface area contributed by atoms with Crippen LogP contribution in [0.2, 0.25) is 0 Å². The van der Waals surface area contributed by atoms with Gasteiger partial charge in [0.2, 0.25) is 5.91 Å². The number of carboxylic acid groups (broad SMARTS) is 1. The van der Waals surface area contributed by atoms with Crippen molar-refractivity contribution in [2.24, 2.45) is 29.6 Å². The van der Waals surface area contributed by atoms with E-state index in [4.69, 9.17) is 0 Å². The van der Waals surface area contributed by atoms with Crippen LogP contribution in [0.15, 0.2) is 35.1 Å². The van der Waals surface area contributed by atoms with E-state index in [1.165, 1.54) is 0 Å². The monoisotopic (exact) mass is 354 g/mol. The molecule has 1 aromatic heterocycles. The summed E-state index contributed by atoms with van der Waals surface area (Å²) in [6, 6.07) is 5.36. The Morgan fingerprint density at radius 1 is 1.00 bits per heavy atom. The summed E-state index contributed by atoms with van der Waals surface area (Å²) in [5, 5.41) is 9.63. The Bertz CT molecular complexity index is 873. The van der Waals surface area contributed by atoms with Crippen LogP contribution in [-0.4, -0.2) is 39.5 Å². The summed E-state index contributed by atoms with van der Waals surface area (Å²) in [7, 11) is 0. The molecule has 1 saturated heterocycles. The first-order chi connectivity index (χ1) is 12.5. The minimum absolute atomic E-state index is 0.00400. The summed E-state index contributed by atoms with van der Waals surface area (Å²) in [6.45, 7) is 1.86. The summed E-state index contributed by atoms with van der Waals surface area (Å²) in [4.78, 5) is 39.0. The molecule has 0 unspecified atom stereocenters. The Morgan fingerprint density at radius 3 is 2.54 bits per heavy atom. The number of carbonyl (C=O) groups is 2. The number of hydrogen-bond acceptors (Lipinski definition) is 3. The molecule has 6 heteroatoms. The summed E-state index contributed by atoms with van der Waals surface area (Å²) in [5.74, 6) is -1.39. The summed E-state index contributed by atoms with van der Waals surface area (Å²) in [6.07, 6.45) is 5.78. The molecule has 4 bridgehead atoms. The molecule has 2 aliphatic carbocycles.